The fourth-order valence-electron chi connectivity index (χ4n) is 4.81. The number of nitrogens with one attached hydrogen (secondary N) is 1. The predicted octanol–water partition coefficient (Wildman–Crippen LogP) is 2.79. The van der Waals surface area contributed by atoms with Crippen LogP contribution >= 0.6 is 0 Å². The monoisotopic (exact) mass is 392 g/mol. The molecule has 1 N–H and O–H groups in total. The van der Waals surface area contributed by atoms with Crippen molar-refractivity contribution in [3.63, 3.8) is 0 Å². The number of rotatable bonds is 2. The first kappa shape index (κ1) is 18.0. The molecule has 1 spiro atoms. The Labute approximate surface area is 168 Å². The average molecular weight is 392 g/mol. The number of amides is 1. The van der Waals surface area contributed by atoms with Gasteiger partial charge in [-0.05, 0) is 56.7 Å². The number of benzene rings is 1. The van der Waals surface area contributed by atoms with Crippen LogP contribution in [-0.2, 0) is 6.42 Å². The number of piperidine rings is 1. The summed E-state index contributed by atoms with van der Waals surface area (Å²) in [6, 6.07) is 5.57. The first-order valence-electron chi connectivity index (χ1n) is 10.2. The van der Waals surface area contributed by atoms with E-state index >= 15 is 0 Å². The summed E-state index contributed by atoms with van der Waals surface area (Å²) >= 11 is 0. The van der Waals surface area contributed by atoms with Gasteiger partial charge >= 0.3 is 0 Å². The van der Waals surface area contributed by atoms with Crippen molar-refractivity contribution in [2.75, 3.05) is 13.1 Å². The summed E-state index contributed by atoms with van der Waals surface area (Å²) in [5, 5.41) is 15.1. The molecule has 1 amide bonds. The van der Waals surface area contributed by atoms with Crippen LogP contribution in [0.15, 0.2) is 24.4 Å². The molecule has 2 aromatic heterocycles. The van der Waals surface area contributed by atoms with Crippen molar-refractivity contribution in [3.8, 4) is 0 Å². The average Bonchev–Trinajstić information content (AvgIpc) is 3.34. The molecule has 1 aromatic carbocycles. The van der Waals surface area contributed by atoms with Crippen LogP contribution in [0.4, 0.5) is 0 Å². The lowest BCUT2D eigenvalue weighted by molar-refractivity contribution is 0.0517. The lowest BCUT2D eigenvalue weighted by atomic mass is 9.67. The highest BCUT2D eigenvalue weighted by molar-refractivity contribution is 5.98. The highest BCUT2D eigenvalue weighted by atomic mass is 16.2. The van der Waals surface area contributed by atoms with Gasteiger partial charge in [0.15, 0.2) is 5.78 Å². The van der Waals surface area contributed by atoms with E-state index in [0.29, 0.717) is 30.6 Å². The molecule has 0 saturated carbocycles. The smallest absolute Gasteiger partial charge is 0.253 e. The maximum Gasteiger partial charge on any atom is 0.253 e. The Bertz CT molecular complexity index is 1100. The number of aromatic amines is 1. The van der Waals surface area contributed by atoms with Crippen LogP contribution in [0.5, 0.6) is 0 Å². The summed E-state index contributed by atoms with van der Waals surface area (Å²) < 4.78 is 1.85. The highest BCUT2D eigenvalue weighted by Gasteiger charge is 2.43. The normalized spacial score (nSPS) is 18.6. The van der Waals surface area contributed by atoms with E-state index in [1.807, 2.05) is 35.7 Å². The molecule has 5 rings (SSSR count). The zero-order chi connectivity index (χ0) is 20.2. The number of aromatic nitrogens is 5. The van der Waals surface area contributed by atoms with Crippen molar-refractivity contribution >= 4 is 22.7 Å². The Morgan fingerprint density at radius 1 is 1.14 bits per heavy atom. The van der Waals surface area contributed by atoms with Crippen molar-refractivity contribution in [3.05, 3.63) is 41.2 Å². The molecule has 2 aliphatic rings. The Hall–Kier alpha value is -3.03. The minimum Gasteiger partial charge on any atom is -0.339 e. The maximum absolute atomic E-state index is 13.0. The quantitative estimate of drug-likeness (QED) is 0.723. The van der Waals surface area contributed by atoms with E-state index in [2.05, 4.69) is 20.5 Å². The number of likely N-dealkylation sites (tertiary alicyclic amines) is 1. The molecular formula is C21H24N6O2. The molecule has 0 bridgehead atoms. The number of ketones is 1. The van der Waals surface area contributed by atoms with Crippen LogP contribution in [-0.4, -0.2) is 54.9 Å². The molecular weight excluding hydrogens is 368 g/mol. The van der Waals surface area contributed by atoms with Gasteiger partial charge in [-0.25, -0.2) is 0 Å². The second kappa shape index (κ2) is 6.50. The van der Waals surface area contributed by atoms with E-state index in [9.17, 15) is 9.59 Å². The van der Waals surface area contributed by atoms with E-state index in [-0.39, 0.29) is 23.1 Å². The SMILES string of the molecule is CC(C)n1ncc2c1C(=O)CC1(CCN(C(=O)c3ccc4n[nH]nc4c3)CC1)C2. The first-order valence-corrected chi connectivity index (χ1v) is 10.2. The van der Waals surface area contributed by atoms with Crippen molar-refractivity contribution < 1.29 is 9.59 Å². The molecule has 1 aliphatic carbocycles. The molecule has 8 heteroatoms. The van der Waals surface area contributed by atoms with Gasteiger partial charge in [0.05, 0.1) is 6.20 Å². The van der Waals surface area contributed by atoms with Gasteiger partial charge in [0.2, 0.25) is 0 Å². The lowest BCUT2D eigenvalue weighted by Gasteiger charge is -2.43. The Balaban J connectivity index is 1.32. The van der Waals surface area contributed by atoms with Gasteiger partial charge in [0, 0.05) is 36.7 Å². The second-order valence-corrected chi connectivity index (χ2v) is 8.65. The lowest BCUT2D eigenvalue weighted by Crippen LogP contribution is -2.46. The number of nitrogens with zero attached hydrogens (tertiary/aromatic N) is 5. The van der Waals surface area contributed by atoms with Crippen LogP contribution in [0.25, 0.3) is 11.0 Å². The van der Waals surface area contributed by atoms with Crippen molar-refractivity contribution in [1.82, 2.24) is 30.1 Å². The topological polar surface area (TPSA) is 96.8 Å². The van der Waals surface area contributed by atoms with E-state index < -0.39 is 0 Å². The van der Waals surface area contributed by atoms with Crippen LogP contribution in [0.2, 0.25) is 0 Å². The van der Waals surface area contributed by atoms with Crippen LogP contribution in [0.1, 0.15) is 65.6 Å². The Morgan fingerprint density at radius 3 is 2.66 bits per heavy atom. The molecule has 0 unspecified atom stereocenters. The third-order valence-corrected chi connectivity index (χ3v) is 6.40. The molecule has 1 aliphatic heterocycles. The standard InChI is InChI=1S/C21H24N6O2/c1-13(2)27-19-15(12-22-27)10-21(11-18(19)28)5-7-26(8-6-21)20(29)14-3-4-16-17(9-14)24-25-23-16/h3-4,9,12-13H,5-8,10-11H2,1-2H3,(H,23,24,25). The minimum atomic E-state index is -0.0538. The molecule has 150 valence electrons. The molecule has 0 atom stereocenters. The zero-order valence-electron chi connectivity index (χ0n) is 16.7. The summed E-state index contributed by atoms with van der Waals surface area (Å²) in [6.45, 7) is 5.42. The molecule has 3 heterocycles. The van der Waals surface area contributed by atoms with Crippen LogP contribution in [0, 0.1) is 5.41 Å². The van der Waals surface area contributed by atoms with Crippen molar-refractivity contribution in [2.24, 2.45) is 5.41 Å². The summed E-state index contributed by atoms with van der Waals surface area (Å²) in [6.07, 6.45) is 4.95. The predicted molar refractivity (Wildman–Crippen MR) is 107 cm³/mol. The molecule has 1 saturated heterocycles. The van der Waals surface area contributed by atoms with Gasteiger partial charge in [-0.3, -0.25) is 14.3 Å². The third kappa shape index (κ3) is 2.94. The molecule has 1 fully saturated rings. The van der Waals surface area contributed by atoms with Gasteiger partial charge in [0.25, 0.3) is 5.91 Å². The van der Waals surface area contributed by atoms with Gasteiger partial charge in [-0.2, -0.15) is 20.5 Å². The third-order valence-electron chi connectivity index (χ3n) is 6.40. The number of hydrogen-bond donors (Lipinski definition) is 1. The van der Waals surface area contributed by atoms with Crippen LogP contribution < -0.4 is 0 Å². The maximum atomic E-state index is 13.0. The van der Waals surface area contributed by atoms with E-state index in [0.717, 1.165) is 36.0 Å². The number of carbonyl (C=O) groups excluding carboxylic acids is 2. The van der Waals surface area contributed by atoms with Crippen molar-refractivity contribution in [2.45, 2.75) is 45.6 Å². The fourth-order valence-corrected chi connectivity index (χ4v) is 4.81. The molecule has 0 radical (unpaired) electrons. The first-order chi connectivity index (χ1) is 14.0. The summed E-state index contributed by atoms with van der Waals surface area (Å²) in [4.78, 5) is 27.8. The minimum absolute atomic E-state index is 0.0141. The number of fused-ring (bicyclic) bond motifs is 2. The van der Waals surface area contributed by atoms with Crippen LogP contribution in [0.3, 0.4) is 0 Å². The summed E-state index contributed by atoms with van der Waals surface area (Å²) in [5.41, 5.74) is 3.86. The zero-order valence-corrected chi connectivity index (χ0v) is 16.7. The Morgan fingerprint density at radius 2 is 1.90 bits per heavy atom. The molecule has 29 heavy (non-hydrogen) atoms. The van der Waals surface area contributed by atoms with Crippen molar-refractivity contribution in [1.29, 1.82) is 0 Å². The fraction of sp³-hybridized carbons (Fsp3) is 0.476. The molecule has 8 nitrogen and oxygen atoms in total. The number of H-pyrrole nitrogens is 1. The van der Waals surface area contributed by atoms with E-state index in [4.69, 9.17) is 0 Å². The highest BCUT2D eigenvalue weighted by Crippen LogP contribution is 2.44. The number of hydrogen-bond acceptors (Lipinski definition) is 5. The van der Waals surface area contributed by atoms with Gasteiger partial charge in [-0.15, -0.1) is 0 Å². The van der Waals surface area contributed by atoms with Gasteiger partial charge < -0.3 is 4.90 Å². The number of carbonyl (C=O) groups is 2. The van der Waals surface area contributed by atoms with E-state index in [1.165, 1.54) is 0 Å². The summed E-state index contributed by atoms with van der Waals surface area (Å²) in [5.74, 6) is 0.203. The van der Waals surface area contributed by atoms with Gasteiger partial charge in [-0.1, -0.05) is 0 Å². The van der Waals surface area contributed by atoms with Gasteiger partial charge in [0.1, 0.15) is 16.7 Å². The number of Topliss-reactive ketones (excluding diaryl/α,β-unsaturated/α-hetero) is 1. The van der Waals surface area contributed by atoms with E-state index in [1.54, 1.807) is 12.1 Å². The molecule has 3 aromatic rings. The second-order valence-electron chi connectivity index (χ2n) is 8.65. The Kier molecular flexibility index (Phi) is 4.04. The largest absolute Gasteiger partial charge is 0.339 e. The summed E-state index contributed by atoms with van der Waals surface area (Å²) in [7, 11) is 0.